The number of amides is 1. The molecule has 0 saturated carbocycles. The third kappa shape index (κ3) is 5.64. The summed E-state index contributed by atoms with van der Waals surface area (Å²) in [5, 5.41) is 3.88. The van der Waals surface area contributed by atoms with E-state index in [0.29, 0.717) is 22.7 Å². The fourth-order valence-electron chi connectivity index (χ4n) is 4.01. The van der Waals surface area contributed by atoms with Crippen molar-refractivity contribution in [3.05, 3.63) is 63.9 Å². The lowest BCUT2D eigenvalue weighted by molar-refractivity contribution is 0.102. The van der Waals surface area contributed by atoms with Crippen LogP contribution in [0.25, 0.3) is 10.9 Å². The molecule has 2 aromatic carbocycles. The number of benzene rings is 2. The molecule has 1 atom stereocenters. The normalized spacial score (nSPS) is 15.0. The molecule has 1 saturated heterocycles. The van der Waals surface area contributed by atoms with E-state index in [1.165, 1.54) is 0 Å². The van der Waals surface area contributed by atoms with Crippen LogP contribution in [0.3, 0.4) is 0 Å². The SMILES string of the molecule is CCS(=O)Nc1ccc(N2CCN(C)CC2)c(C(=O)Nc2ccc3[nH]c(=O)cc(C)c3c2)c1.O. The Morgan fingerprint density at radius 3 is 2.47 bits per heavy atom. The largest absolute Gasteiger partial charge is 0.412 e. The molecule has 1 aromatic heterocycles. The molecule has 1 aliphatic rings. The molecule has 4 rings (SSSR count). The monoisotopic (exact) mass is 485 g/mol. The number of piperazine rings is 1. The van der Waals surface area contributed by atoms with Gasteiger partial charge in [0.1, 0.15) is 11.0 Å². The molecule has 1 amide bonds. The molecule has 9 nitrogen and oxygen atoms in total. The number of likely N-dealkylation sites (N-methyl/N-ethyl adjacent to an activating group) is 1. The molecule has 2 heterocycles. The predicted molar refractivity (Wildman–Crippen MR) is 139 cm³/mol. The van der Waals surface area contributed by atoms with Gasteiger partial charge in [0, 0.05) is 66.0 Å². The van der Waals surface area contributed by atoms with Crippen molar-refractivity contribution in [1.82, 2.24) is 9.88 Å². The summed E-state index contributed by atoms with van der Waals surface area (Å²) in [6, 6.07) is 12.5. The van der Waals surface area contributed by atoms with Crippen LogP contribution in [-0.4, -0.2) is 64.5 Å². The molecule has 1 aliphatic heterocycles. The molecule has 10 heteroatoms. The predicted octanol–water partition coefficient (Wildman–Crippen LogP) is 2.11. The van der Waals surface area contributed by atoms with E-state index >= 15 is 0 Å². The maximum Gasteiger partial charge on any atom is 0.257 e. The van der Waals surface area contributed by atoms with Crippen LogP contribution in [0.15, 0.2) is 47.3 Å². The first-order chi connectivity index (χ1) is 15.8. The second-order valence-corrected chi connectivity index (χ2v) is 9.76. The molecule has 0 bridgehead atoms. The van der Waals surface area contributed by atoms with Gasteiger partial charge in [-0.15, -0.1) is 0 Å². The molecule has 182 valence electrons. The van der Waals surface area contributed by atoms with Crippen molar-refractivity contribution in [2.75, 3.05) is 53.9 Å². The number of hydrogen-bond donors (Lipinski definition) is 3. The first-order valence-electron chi connectivity index (χ1n) is 11.0. The van der Waals surface area contributed by atoms with Crippen LogP contribution in [0.2, 0.25) is 0 Å². The smallest absolute Gasteiger partial charge is 0.257 e. The fourth-order valence-corrected chi connectivity index (χ4v) is 4.54. The van der Waals surface area contributed by atoms with E-state index < -0.39 is 11.0 Å². The van der Waals surface area contributed by atoms with Crippen molar-refractivity contribution in [2.45, 2.75) is 13.8 Å². The standard InChI is InChI=1S/C24H29N5O3S.H2O/c1-4-33(32)27-18-6-8-22(29-11-9-28(3)10-12-29)20(15-18)24(31)25-17-5-7-21-19(14-17)16(2)13-23(30)26-21;/h5-8,13-15,27H,4,9-12H2,1-3H3,(H,25,31)(H,26,30);1H2. The lowest BCUT2D eigenvalue weighted by Crippen LogP contribution is -2.45. The number of rotatable bonds is 6. The molecular weight excluding hydrogens is 454 g/mol. The quantitative estimate of drug-likeness (QED) is 0.493. The third-order valence-corrected chi connectivity index (χ3v) is 6.87. The summed E-state index contributed by atoms with van der Waals surface area (Å²) in [5.41, 5.74) is 4.08. The summed E-state index contributed by atoms with van der Waals surface area (Å²) in [6.07, 6.45) is 0. The Bertz CT molecular complexity index is 1270. The number of carbonyl (C=O) groups excluding carboxylic acids is 1. The van der Waals surface area contributed by atoms with Gasteiger partial charge >= 0.3 is 0 Å². The summed E-state index contributed by atoms with van der Waals surface area (Å²) < 4.78 is 15.0. The van der Waals surface area contributed by atoms with E-state index in [0.717, 1.165) is 48.3 Å². The number of H-pyrrole nitrogens is 1. The highest BCUT2D eigenvalue weighted by atomic mass is 32.2. The van der Waals surface area contributed by atoms with E-state index in [1.807, 2.05) is 32.0 Å². The summed E-state index contributed by atoms with van der Waals surface area (Å²) >= 11 is 0. The van der Waals surface area contributed by atoms with Gasteiger partial charge in [0.25, 0.3) is 5.91 Å². The van der Waals surface area contributed by atoms with Crippen LogP contribution >= 0.6 is 0 Å². The Labute approximate surface area is 201 Å². The Morgan fingerprint density at radius 1 is 1.06 bits per heavy atom. The zero-order chi connectivity index (χ0) is 23.5. The molecule has 0 radical (unpaired) electrons. The van der Waals surface area contributed by atoms with Crippen molar-refractivity contribution >= 4 is 44.9 Å². The Kier molecular flexibility index (Phi) is 8.08. The zero-order valence-corrected chi connectivity index (χ0v) is 20.4. The van der Waals surface area contributed by atoms with Crippen LogP contribution in [0.5, 0.6) is 0 Å². The van der Waals surface area contributed by atoms with Gasteiger partial charge in [-0.05, 0) is 55.9 Å². The highest BCUT2D eigenvalue weighted by Crippen LogP contribution is 2.28. The summed E-state index contributed by atoms with van der Waals surface area (Å²) in [5.74, 6) is 0.233. The van der Waals surface area contributed by atoms with Gasteiger partial charge in [0.15, 0.2) is 0 Å². The topological polar surface area (TPSA) is 129 Å². The lowest BCUT2D eigenvalue weighted by atomic mass is 10.1. The van der Waals surface area contributed by atoms with Crippen molar-refractivity contribution in [3.8, 4) is 0 Å². The highest BCUT2D eigenvalue weighted by Gasteiger charge is 2.21. The van der Waals surface area contributed by atoms with Crippen molar-refractivity contribution in [3.63, 3.8) is 0 Å². The number of anilines is 3. The van der Waals surface area contributed by atoms with E-state index in [1.54, 1.807) is 24.3 Å². The van der Waals surface area contributed by atoms with E-state index in [9.17, 15) is 13.8 Å². The maximum atomic E-state index is 13.4. The van der Waals surface area contributed by atoms with Gasteiger partial charge in [-0.3, -0.25) is 9.59 Å². The summed E-state index contributed by atoms with van der Waals surface area (Å²) in [6.45, 7) is 7.20. The van der Waals surface area contributed by atoms with E-state index in [2.05, 4.69) is 31.9 Å². The first kappa shape index (κ1) is 25.4. The van der Waals surface area contributed by atoms with E-state index in [4.69, 9.17) is 0 Å². The molecule has 5 N–H and O–H groups in total. The Morgan fingerprint density at radius 2 is 1.76 bits per heavy atom. The molecule has 3 aromatic rings. The van der Waals surface area contributed by atoms with Crippen LogP contribution in [0.1, 0.15) is 22.8 Å². The van der Waals surface area contributed by atoms with Crippen LogP contribution < -0.4 is 20.5 Å². The van der Waals surface area contributed by atoms with Gasteiger partial charge in [0.05, 0.1) is 5.56 Å². The van der Waals surface area contributed by atoms with Crippen molar-refractivity contribution < 1.29 is 14.5 Å². The van der Waals surface area contributed by atoms with Crippen molar-refractivity contribution in [1.29, 1.82) is 0 Å². The van der Waals surface area contributed by atoms with Gasteiger partial charge in [0.2, 0.25) is 5.56 Å². The van der Waals surface area contributed by atoms with Crippen LogP contribution in [0.4, 0.5) is 17.1 Å². The summed E-state index contributed by atoms with van der Waals surface area (Å²) in [4.78, 5) is 32.4. The number of aryl methyl sites for hydroxylation is 1. The second kappa shape index (κ2) is 10.8. The number of hydrogen-bond acceptors (Lipinski definition) is 5. The third-order valence-electron chi connectivity index (χ3n) is 5.89. The fraction of sp³-hybridized carbons (Fsp3) is 0.333. The number of fused-ring (bicyclic) bond motifs is 1. The minimum Gasteiger partial charge on any atom is -0.412 e. The number of aromatic nitrogens is 1. The average molecular weight is 486 g/mol. The zero-order valence-electron chi connectivity index (χ0n) is 19.6. The molecular formula is C24H31N5O4S. The van der Waals surface area contributed by atoms with Crippen LogP contribution in [-0.2, 0) is 11.0 Å². The summed E-state index contributed by atoms with van der Waals surface area (Å²) in [7, 11) is 0.885. The molecule has 1 unspecified atom stereocenters. The molecule has 1 fully saturated rings. The minimum atomic E-state index is -1.20. The molecule has 0 aliphatic carbocycles. The number of nitrogens with zero attached hydrogens (tertiary/aromatic N) is 2. The van der Waals surface area contributed by atoms with Gasteiger partial charge in [-0.1, -0.05) is 6.92 Å². The molecule has 34 heavy (non-hydrogen) atoms. The average Bonchev–Trinajstić information content (AvgIpc) is 2.80. The highest BCUT2D eigenvalue weighted by molar-refractivity contribution is 7.86. The first-order valence-corrected chi connectivity index (χ1v) is 12.3. The molecule has 0 spiro atoms. The second-order valence-electron chi connectivity index (χ2n) is 8.29. The van der Waals surface area contributed by atoms with Crippen molar-refractivity contribution in [2.24, 2.45) is 0 Å². The lowest BCUT2D eigenvalue weighted by Gasteiger charge is -2.35. The Balaban J connectivity index is 0.00000324. The number of pyridine rings is 1. The number of carbonyl (C=O) groups is 1. The number of nitrogens with one attached hydrogen (secondary N) is 3. The maximum absolute atomic E-state index is 13.4. The number of aromatic amines is 1. The van der Waals surface area contributed by atoms with E-state index in [-0.39, 0.29) is 16.9 Å². The van der Waals surface area contributed by atoms with Gasteiger partial charge in [-0.25, -0.2) is 4.21 Å². The van der Waals surface area contributed by atoms with Crippen LogP contribution in [0, 0.1) is 6.92 Å². The van der Waals surface area contributed by atoms with Gasteiger partial charge < -0.3 is 30.3 Å². The minimum absolute atomic E-state index is 0. The Hall–Kier alpha value is -3.21. The van der Waals surface area contributed by atoms with Gasteiger partial charge in [-0.2, -0.15) is 0 Å².